The number of aromatic amines is 1. The zero-order valence-electron chi connectivity index (χ0n) is 26.8. The van der Waals surface area contributed by atoms with Crippen LogP contribution in [0, 0.1) is 13.5 Å². The number of hydrogen-bond acceptors (Lipinski definition) is 11. The van der Waals surface area contributed by atoms with Gasteiger partial charge < -0.3 is 42.1 Å². The predicted molar refractivity (Wildman–Crippen MR) is 164 cm³/mol. The molecule has 14 nitrogen and oxygen atoms in total. The van der Waals surface area contributed by atoms with Gasteiger partial charge in [-0.2, -0.15) is 0 Å². The van der Waals surface area contributed by atoms with Gasteiger partial charge in [0, 0.05) is 45.2 Å². The summed E-state index contributed by atoms with van der Waals surface area (Å²) in [6.45, 7) is 20.7. The first-order valence-corrected chi connectivity index (χ1v) is 17.9. The molecule has 0 bridgehead atoms. The van der Waals surface area contributed by atoms with Crippen molar-refractivity contribution in [2.45, 2.75) is 83.2 Å². The molecule has 1 saturated heterocycles. The Balaban J connectivity index is 2.77. The summed E-state index contributed by atoms with van der Waals surface area (Å²) in [5, 5.41) is 0. The van der Waals surface area contributed by atoms with Gasteiger partial charge in [-0.15, -0.1) is 0 Å². The Labute approximate surface area is 255 Å². The second-order valence-corrected chi connectivity index (χ2v) is 15.9. The highest BCUT2D eigenvalue weighted by Gasteiger charge is 2.55. The van der Waals surface area contributed by atoms with E-state index >= 15 is 0 Å². The monoisotopic (exact) mass is 650 g/mol. The van der Waals surface area contributed by atoms with Gasteiger partial charge in [-0.05, 0) is 47.9 Å². The Morgan fingerprint density at radius 3 is 2.26 bits per heavy atom. The average Bonchev–Trinajstić information content (AvgIpc) is 3.25. The molecule has 1 aromatic rings. The number of H-pyrrole nitrogens is 1. The average molecular weight is 651 g/mol. The normalized spacial score (nSPS) is 23.2. The Morgan fingerprint density at radius 2 is 1.74 bits per heavy atom. The van der Waals surface area contributed by atoms with Crippen molar-refractivity contribution in [2.24, 2.45) is 0 Å². The Kier molecular flexibility index (Phi) is 15.1. The molecule has 0 aliphatic carbocycles. The van der Waals surface area contributed by atoms with Gasteiger partial charge in [0.2, 0.25) is 6.54 Å². The van der Waals surface area contributed by atoms with Gasteiger partial charge in [0.05, 0.1) is 13.2 Å². The third-order valence-electron chi connectivity index (χ3n) is 6.84. The fraction of sp³-hybridized carbons (Fsp3) is 0.815. The molecule has 0 saturated carbocycles. The highest BCUT2D eigenvalue weighted by Crippen LogP contribution is 2.53. The Morgan fingerprint density at radius 1 is 1.09 bits per heavy atom. The molecule has 0 amide bonds. The Bertz CT molecular complexity index is 1210. The van der Waals surface area contributed by atoms with Crippen LogP contribution in [0.2, 0.25) is 0 Å². The number of nitrogens with zero attached hydrogens (tertiary/aromatic N) is 3. The lowest BCUT2D eigenvalue weighted by molar-refractivity contribution is -0.124. The van der Waals surface area contributed by atoms with E-state index in [1.165, 1.54) is 32.1 Å². The van der Waals surface area contributed by atoms with Crippen LogP contribution in [0.1, 0.15) is 39.5 Å². The van der Waals surface area contributed by atoms with Crippen molar-refractivity contribution in [3.63, 3.8) is 0 Å². The molecule has 16 heteroatoms. The summed E-state index contributed by atoms with van der Waals surface area (Å²) >= 11 is 0. The van der Waals surface area contributed by atoms with Crippen LogP contribution in [0.3, 0.4) is 0 Å². The van der Waals surface area contributed by atoms with Gasteiger partial charge in [-0.25, -0.2) is 16.0 Å². The van der Waals surface area contributed by atoms with Crippen LogP contribution in [-0.2, 0) is 37.3 Å². The van der Waals surface area contributed by atoms with E-state index in [1.807, 2.05) is 27.7 Å². The first-order chi connectivity index (χ1) is 20.2. The molecule has 246 valence electrons. The van der Waals surface area contributed by atoms with Crippen molar-refractivity contribution in [1.82, 2.24) is 14.2 Å². The minimum absolute atomic E-state index is 0.00407. The van der Waals surface area contributed by atoms with E-state index in [4.69, 9.17) is 39.3 Å². The summed E-state index contributed by atoms with van der Waals surface area (Å²) in [6.07, 6.45) is -3.42. The molecular formula is C27H48N4O10P2. The van der Waals surface area contributed by atoms with Crippen molar-refractivity contribution < 1.29 is 37.3 Å². The maximum atomic E-state index is 13.4. The molecule has 1 fully saturated rings. The molecular weight excluding hydrogens is 602 g/mol. The van der Waals surface area contributed by atoms with Crippen molar-refractivity contribution in [2.75, 3.05) is 61.0 Å². The fourth-order valence-corrected chi connectivity index (χ4v) is 8.29. The quantitative estimate of drug-likeness (QED) is 0.142. The lowest BCUT2D eigenvalue weighted by Crippen LogP contribution is -2.48. The molecule has 0 radical (unpaired) electrons. The number of rotatable bonds is 18. The number of ether oxygens (including phenoxy) is 5. The van der Waals surface area contributed by atoms with E-state index in [-0.39, 0.29) is 38.4 Å². The predicted octanol–water partition coefficient (Wildman–Crippen LogP) is 3.05. The molecule has 1 aliphatic heterocycles. The summed E-state index contributed by atoms with van der Waals surface area (Å²) < 4.78 is 59.3. The minimum Gasteiger partial charge on any atom is -0.382 e. The maximum Gasteiger partial charge on any atom is 0.330 e. The number of hydrogen-bond donors (Lipinski definition) is 1. The highest BCUT2D eigenvalue weighted by molar-refractivity contribution is 7.62. The van der Waals surface area contributed by atoms with Crippen molar-refractivity contribution in [1.29, 1.82) is 0 Å². The van der Waals surface area contributed by atoms with E-state index in [1.54, 1.807) is 20.3 Å². The molecule has 2 heterocycles. The van der Waals surface area contributed by atoms with Crippen LogP contribution in [0.25, 0.3) is 4.85 Å². The van der Waals surface area contributed by atoms with Crippen LogP contribution in [0.5, 0.6) is 0 Å². The smallest absolute Gasteiger partial charge is 0.330 e. The van der Waals surface area contributed by atoms with Crippen molar-refractivity contribution in [3.8, 4) is 0 Å². The van der Waals surface area contributed by atoms with Gasteiger partial charge in [0.25, 0.3) is 14.1 Å². The van der Waals surface area contributed by atoms with Crippen molar-refractivity contribution in [3.05, 3.63) is 44.0 Å². The SMILES string of the molecule is [C-]#[N+]CCOP(O[C@@H]1[C@@H]([C@H](OC)[C@@H](OC)P(C)(C)=O)O[C@@H](n2cc(C)c(=O)[nH]c2=O)[C@@H]1OCCOC)N(C(C)C)C(C)C. The zero-order valence-corrected chi connectivity index (χ0v) is 28.6. The van der Waals surface area contributed by atoms with Gasteiger partial charge in [0.1, 0.15) is 44.0 Å². The maximum absolute atomic E-state index is 13.4. The van der Waals surface area contributed by atoms with Crippen molar-refractivity contribution >= 4 is 15.7 Å². The largest absolute Gasteiger partial charge is 0.382 e. The molecule has 7 atom stereocenters. The van der Waals surface area contributed by atoms with Crippen LogP contribution in [-0.4, -0.2) is 118 Å². The number of nitrogens with one attached hydrogen (secondary N) is 1. The van der Waals surface area contributed by atoms with Gasteiger partial charge in [-0.3, -0.25) is 14.3 Å². The van der Waals surface area contributed by atoms with Gasteiger partial charge in [-0.1, -0.05) is 0 Å². The second-order valence-electron chi connectivity index (χ2n) is 11.1. The molecule has 0 spiro atoms. The topological polar surface area (TPSA) is 144 Å². The van der Waals surface area contributed by atoms with E-state index in [2.05, 4.69) is 14.5 Å². The van der Waals surface area contributed by atoms with Crippen LogP contribution in [0.4, 0.5) is 0 Å². The zero-order chi connectivity index (χ0) is 32.5. The van der Waals surface area contributed by atoms with Crippen LogP contribution < -0.4 is 11.2 Å². The third kappa shape index (κ3) is 9.75. The molecule has 1 aromatic heterocycles. The summed E-state index contributed by atoms with van der Waals surface area (Å²) in [4.78, 5) is 31.0. The van der Waals surface area contributed by atoms with E-state index in [0.29, 0.717) is 5.56 Å². The molecule has 1 N–H and O–H groups in total. The first-order valence-electron chi connectivity index (χ1n) is 14.1. The van der Waals surface area contributed by atoms with E-state index in [9.17, 15) is 14.2 Å². The lowest BCUT2D eigenvalue weighted by Gasteiger charge is -2.39. The molecule has 1 unspecified atom stereocenters. The van der Waals surface area contributed by atoms with Crippen LogP contribution in [0.15, 0.2) is 15.8 Å². The molecule has 2 rings (SSSR count). The molecule has 0 aromatic carbocycles. The summed E-state index contributed by atoms with van der Waals surface area (Å²) in [6, 6.07) is 0.00814. The minimum atomic E-state index is -2.92. The lowest BCUT2D eigenvalue weighted by atomic mass is 10.1. The summed E-state index contributed by atoms with van der Waals surface area (Å²) in [7, 11) is -0.280. The standard InChI is InChI=1S/C27H48N4O10P2/c1-17(2)31(18(3)4)42(39-13-12-28-6)41-21-20(23(36-8)26(37-9)43(10,11)34)40-25(22(21)38-15-14-35-7)30-16-19(5)24(32)29-27(30)33/h16-18,20-23,25-26H,12-15H2,1-5,7-11H3,(H,29,32,33)/t20-,21+,22+,23-,25+,26-,42?/m0/s1. The highest BCUT2D eigenvalue weighted by atomic mass is 31.2. The molecule has 1 aliphatic rings. The van der Waals surface area contributed by atoms with Gasteiger partial charge in [0.15, 0.2) is 6.23 Å². The Hall–Kier alpha value is -1.49. The van der Waals surface area contributed by atoms with E-state index < -0.39 is 63.4 Å². The third-order valence-corrected chi connectivity index (χ3v) is 10.7. The van der Waals surface area contributed by atoms with Gasteiger partial charge >= 0.3 is 5.69 Å². The first kappa shape index (κ1) is 37.7. The van der Waals surface area contributed by atoms with E-state index in [0.717, 1.165) is 0 Å². The number of aryl methyl sites for hydroxylation is 1. The van der Waals surface area contributed by atoms with Crippen LogP contribution >= 0.6 is 15.7 Å². The number of methoxy groups -OCH3 is 3. The number of aromatic nitrogens is 2. The molecule has 43 heavy (non-hydrogen) atoms. The fourth-order valence-electron chi connectivity index (χ4n) is 5.04. The second kappa shape index (κ2) is 17.3. The summed E-state index contributed by atoms with van der Waals surface area (Å²) in [5.74, 6) is -0.887. The summed E-state index contributed by atoms with van der Waals surface area (Å²) in [5.41, 5.74) is -0.926.